The lowest BCUT2D eigenvalue weighted by atomic mass is 10.1. The molecule has 0 aromatic carbocycles. The molecule has 1 aliphatic carbocycles. The number of hydrogen-bond donors (Lipinski definition) is 3. The number of piperazine rings is 1. The molecule has 1 saturated heterocycles. The number of fused-ring (bicyclic) bond motifs is 1. The first-order chi connectivity index (χ1) is 10.5. The van der Waals surface area contributed by atoms with Crippen LogP contribution >= 0.6 is 11.3 Å². The van der Waals surface area contributed by atoms with Gasteiger partial charge in [-0.1, -0.05) is 0 Å². The van der Waals surface area contributed by atoms with Gasteiger partial charge in [0.05, 0.1) is 18.7 Å². The zero-order valence-electron chi connectivity index (χ0n) is 12.1. The molecule has 1 fully saturated rings. The highest BCUT2D eigenvalue weighted by Gasteiger charge is 2.26. The highest BCUT2D eigenvalue weighted by Crippen LogP contribution is 2.38. The van der Waals surface area contributed by atoms with Gasteiger partial charge in [0.2, 0.25) is 11.8 Å². The lowest BCUT2D eigenvalue weighted by Gasteiger charge is -2.25. The van der Waals surface area contributed by atoms with Crippen molar-refractivity contribution in [1.29, 1.82) is 0 Å². The molecule has 1 aromatic rings. The van der Waals surface area contributed by atoms with Crippen LogP contribution in [0.2, 0.25) is 0 Å². The van der Waals surface area contributed by atoms with Gasteiger partial charge in [0, 0.05) is 18.0 Å². The van der Waals surface area contributed by atoms with Crippen LogP contribution in [0.25, 0.3) is 0 Å². The Balaban J connectivity index is 1.69. The second kappa shape index (κ2) is 6.05. The van der Waals surface area contributed by atoms with Crippen molar-refractivity contribution in [2.24, 2.45) is 5.73 Å². The van der Waals surface area contributed by atoms with E-state index in [1.165, 1.54) is 11.3 Å². The van der Waals surface area contributed by atoms with Crippen molar-refractivity contribution >= 4 is 34.1 Å². The summed E-state index contributed by atoms with van der Waals surface area (Å²) in [6.45, 7) is 1.54. The number of rotatable bonds is 4. The van der Waals surface area contributed by atoms with Gasteiger partial charge in [0.15, 0.2) is 0 Å². The van der Waals surface area contributed by atoms with E-state index in [2.05, 4.69) is 10.6 Å². The lowest BCUT2D eigenvalue weighted by molar-refractivity contribution is -0.125. The summed E-state index contributed by atoms with van der Waals surface area (Å²) in [5.41, 5.74) is 6.91. The third kappa shape index (κ3) is 2.97. The van der Waals surface area contributed by atoms with Crippen molar-refractivity contribution in [1.82, 2.24) is 10.2 Å². The number of nitrogens with one attached hydrogen (secondary N) is 2. The summed E-state index contributed by atoms with van der Waals surface area (Å²) in [4.78, 5) is 38.1. The Morgan fingerprint density at radius 3 is 2.91 bits per heavy atom. The van der Waals surface area contributed by atoms with E-state index >= 15 is 0 Å². The van der Waals surface area contributed by atoms with Crippen LogP contribution in [0.3, 0.4) is 0 Å². The summed E-state index contributed by atoms with van der Waals surface area (Å²) < 4.78 is 0. The van der Waals surface area contributed by atoms with Gasteiger partial charge in [-0.2, -0.15) is 0 Å². The Labute approximate surface area is 131 Å². The van der Waals surface area contributed by atoms with Gasteiger partial charge in [-0.05, 0) is 24.8 Å². The first kappa shape index (κ1) is 15.0. The molecule has 1 aliphatic heterocycles. The number of hydrogen-bond acceptors (Lipinski definition) is 5. The molecular formula is C14H18N4O3S. The molecule has 0 radical (unpaired) electrons. The molecule has 4 N–H and O–H groups in total. The fraction of sp³-hybridized carbons (Fsp3) is 0.500. The Kier molecular flexibility index (Phi) is 4.12. The number of amides is 3. The van der Waals surface area contributed by atoms with E-state index in [4.69, 9.17) is 5.73 Å². The Bertz CT molecular complexity index is 640. The van der Waals surface area contributed by atoms with E-state index < -0.39 is 5.91 Å². The van der Waals surface area contributed by atoms with Crippen molar-refractivity contribution in [3.8, 4) is 0 Å². The van der Waals surface area contributed by atoms with Crippen molar-refractivity contribution in [3.05, 3.63) is 16.0 Å². The summed E-state index contributed by atoms with van der Waals surface area (Å²) in [5.74, 6) is -0.795. The fourth-order valence-electron chi connectivity index (χ4n) is 2.95. The van der Waals surface area contributed by atoms with E-state index in [1.807, 2.05) is 0 Å². The number of nitrogens with two attached hydrogens (primary N) is 1. The van der Waals surface area contributed by atoms with Crippen molar-refractivity contribution in [2.45, 2.75) is 19.3 Å². The zero-order valence-corrected chi connectivity index (χ0v) is 12.9. The molecule has 3 rings (SSSR count). The average Bonchev–Trinajstić information content (AvgIpc) is 2.97. The van der Waals surface area contributed by atoms with Crippen LogP contribution in [-0.4, -0.2) is 48.8 Å². The van der Waals surface area contributed by atoms with Gasteiger partial charge in [0.25, 0.3) is 5.91 Å². The maximum Gasteiger partial charge on any atom is 0.251 e. The van der Waals surface area contributed by atoms with Gasteiger partial charge < -0.3 is 16.4 Å². The molecule has 1 aromatic heterocycles. The highest BCUT2D eigenvalue weighted by molar-refractivity contribution is 7.17. The number of carbonyl (C=O) groups excluding carboxylic acids is 3. The largest absolute Gasteiger partial charge is 0.365 e. The van der Waals surface area contributed by atoms with E-state index in [9.17, 15) is 14.4 Å². The Hall–Kier alpha value is -1.93. The predicted molar refractivity (Wildman–Crippen MR) is 82.9 cm³/mol. The predicted octanol–water partition coefficient (Wildman–Crippen LogP) is -0.294. The molecule has 7 nitrogen and oxygen atoms in total. The minimum atomic E-state index is -0.493. The third-order valence-corrected chi connectivity index (χ3v) is 5.11. The Morgan fingerprint density at radius 2 is 2.18 bits per heavy atom. The molecule has 0 saturated carbocycles. The molecule has 2 aliphatic rings. The van der Waals surface area contributed by atoms with E-state index in [0.717, 1.165) is 29.7 Å². The minimum absolute atomic E-state index is 0.0769. The molecule has 8 heteroatoms. The Morgan fingerprint density at radius 1 is 1.36 bits per heavy atom. The fourth-order valence-corrected chi connectivity index (χ4v) is 4.26. The van der Waals surface area contributed by atoms with E-state index in [1.54, 1.807) is 4.90 Å². The molecule has 0 atom stereocenters. The van der Waals surface area contributed by atoms with Crippen molar-refractivity contribution in [3.63, 3.8) is 0 Å². The van der Waals surface area contributed by atoms with Crippen LogP contribution in [0.15, 0.2) is 0 Å². The molecule has 22 heavy (non-hydrogen) atoms. The number of carbonyl (C=O) groups is 3. The number of thiophene rings is 1. The van der Waals surface area contributed by atoms with Gasteiger partial charge >= 0.3 is 0 Å². The summed E-state index contributed by atoms with van der Waals surface area (Å²) in [6.07, 6.45) is 2.80. The third-order valence-electron chi connectivity index (χ3n) is 3.91. The topological polar surface area (TPSA) is 105 Å². The molecule has 0 bridgehead atoms. The van der Waals surface area contributed by atoms with Gasteiger partial charge in [0.1, 0.15) is 5.00 Å². The second-order valence-corrected chi connectivity index (χ2v) is 6.64. The standard InChI is InChI=1S/C14H18N4O3S/c15-13(21)12-8-2-1-3-9(8)22-14(12)17-11(20)7-18-5-4-16-10(19)6-18/h1-7H2,(H2,15,21)(H,16,19)(H,17,20). The van der Waals surface area contributed by atoms with E-state index in [0.29, 0.717) is 23.7 Å². The van der Waals surface area contributed by atoms with Gasteiger partial charge in [-0.3, -0.25) is 19.3 Å². The summed E-state index contributed by atoms with van der Waals surface area (Å²) in [7, 11) is 0. The highest BCUT2D eigenvalue weighted by atomic mass is 32.1. The van der Waals surface area contributed by atoms with Crippen LogP contribution in [-0.2, 0) is 22.4 Å². The van der Waals surface area contributed by atoms with Gasteiger partial charge in [-0.15, -0.1) is 11.3 Å². The smallest absolute Gasteiger partial charge is 0.251 e. The number of nitrogens with zero attached hydrogens (tertiary/aromatic N) is 1. The average molecular weight is 322 g/mol. The lowest BCUT2D eigenvalue weighted by Crippen LogP contribution is -2.49. The van der Waals surface area contributed by atoms with Crippen molar-refractivity contribution < 1.29 is 14.4 Å². The molecular weight excluding hydrogens is 304 g/mol. The zero-order chi connectivity index (χ0) is 15.7. The quantitative estimate of drug-likeness (QED) is 0.708. The molecule has 3 amide bonds. The van der Waals surface area contributed by atoms with Gasteiger partial charge in [-0.25, -0.2) is 0 Å². The maximum absolute atomic E-state index is 12.2. The van der Waals surface area contributed by atoms with E-state index in [-0.39, 0.29) is 24.9 Å². The first-order valence-corrected chi connectivity index (χ1v) is 8.09. The second-order valence-electron chi connectivity index (χ2n) is 5.53. The molecule has 2 heterocycles. The maximum atomic E-state index is 12.2. The summed E-state index contributed by atoms with van der Waals surface area (Å²) in [6, 6.07) is 0. The number of anilines is 1. The van der Waals surface area contributed by atoms with Crippen LogP contribution < -0.4 is 16.4 Å². The minimum Gasteiger partial charge on any atom is -0.365 e. The monoisotopic (exact) mass is 322 g/mol. The normalized spacial score (nSPS) is 17.9. The van der Waals surface area contributed by atoms with Crippen LogP contribution in [0.5, 0.6) is 0 Å². The number of aryl methyl sites for hydroxylation is 1. The number of primary amides is 1. The molecule has 118 valence electrons. The van der Waals surface area contributed by atoms with Crippen LogP contribution in [0, 0.1) is 0 Å². The first-order valence-electron chi connectivity index (χ1n) is 7.28. The van der Waals surface area contributed by atoms with Crippen LogP contribution in [0.1, 0.15) is 27.2 Å². The summed E-state index contributed by atoms with van der Waals surface area (Å²) in [5, 5.41) is 6.05. The molecule has 0 unspecified atom stereocenters. The van der Waals surface area contributed by atoms with Crippen LogP contribution in [0.4, 0.5) is 5.00 Å². The van der Waals surface area contributed by atoms with Crippen molar-refractivity contribution in [2.75, 3.05) is 31.5 Å². The molecule has 0 spiro atoms. The summed E-state index contributed by atoms with van der Waals surface area (Å²) >= 11 is 1.44. The SMILES string of the molecule is NC(=O)c1c(NC(=O)CN2CCNC(=O)C2)sc2c1CCC2.